The average Bonchev–Trinajstić information content (AvgIpc) is 2.70. The molecule has 1 aromatic heterocycles. The molecule has 2 N–H and O–H groups in total. The molecule has 1 saturated carbocycles. The number of nitrogens with one attached hydrogen (secondary N) is 2. The van der Waals surface area contributed by atoms with Crippen molar-refractivity contribution in [2.45, 2.75) is 72.3 Å². The SMILES string of the molecule is CNc1nc(C(C)(C)C)nc(NC2CCCC2(C)C)c1C. The van der Waals surface area contributed by atoms with Gasteiger partial charge in [-0.05, 0) is 25.2 Å². The van der Waals surface area contributed by atoms with Gasteiger partial charge in [-0.2, -0.15) is 0 Å². The van der Waals surface area contributed by atoms with Crippen molar-refractivity contribution in [2.24, 2.45) is 5.41 Å². The molecular formula is C17H30N4. The number of hydrogen-bond acceptors (Lipinski definition) is 4. The summed E-state index contributed by atoms with van der Waals surface area (Å²) in [5.41, 5.74) is 1.38. The second kappa shape index (κ2) is 5.47. The van der Waals surface area contributed by atoms with E-state index in [1.807, 2.05) is 7.05 Å². The minimum atomic E-state index is -0.0546. The van der Waals surface area contributed by atoms with Gasteiger partial charge in [0.05, 0.1) is 0 Å². The van der Waals surface area contributed by atoms with Gasteiger partial charge >= 0.3 is 0 Å². The number of anilines is 2. The lowest BCUT2D eigenvalue weighted by Gasteiger charge is -2.30. The molecule has 1 unspecified atom stereocenters. The van der Waals surface area contributed by atoms with Gasteiger partial charge in [0.25, 0.3) is 0 Å². The van der Waals surface area contributed by atoms with Crippen LogP contribution in [0.2, 0.25) is 0 Å². The second-order valence-electron chi connectivity index (χ2n) is 7.95. The Labute approximate surface area is 129 Å². The molecule has 0 amide bonds. The number of nitrogens with zero attached hydrogens (tertiary/aromatic N) is 2. The van der Waals surface area contributed by atoms with E-state index >= 15 is 0 Å². The maximum atomic E-state index is 4.82. The molecule has 0 radical (unpaired) electrons. The standard InChI is InChI=1S/C17H30N4/c1-11-13(18-7)20-15(16(2,3)4)21-14(11)19-12-9-8-10-17(12,5)6/h12H,8-10H2,1-7H3,(H2,18,19,20,21). The van der Waals surface area contributed by atoms with Crippen LogP contribution in [0.4, 0.5) is 11.6 Å². The Morgan fingerprint density at radius 1 is 1.14 bits per heavy atom. The fraction of sp³-hybridized carbons (Fsp3) is 0.765. The second-order valence-corrected chi connectivity index (χ2v) is 7.95. The zero-order valence-corrected chi connectivity index (χ0v) is 14.6. The maximum Gasteiger partial charge on any atom is 0.138 e. The van der Waals surface area contributed by atoms with Gasteiger partial charge in [-0.3, -0.25) is 0 Å². The first-order valence-corrected chi connectivity index (χ1v) is 7.98. The Kier molecular flexibility index (Phi) is 4.18. The van der Waals surface area contributed by atoms with Gasteiger partial charge < -0.3 is 10.6 Å². The molecule has 2 rings (SSSR count). The van der Waals surface area contributed by atoms with Crippen molar-refractivity contribution in [3.8, 4) is 0 Å². The molecule has 4 heteroatoms. The third kappa shape index (κ3) is 3.30. The molecule has 21 heavy (non-hydrogen) atoms. The van der Waals surface area contributed by atoms with Gasteiger partial charge in [-0.1, -0.05) is 41.0 Å². The van der Waals surface area contributed by atoms with Crippen molar-refractivity contribution in [1.29, 1.82) is 0 Å². The first-order valence-electron chi connectivity index (χ1n) is 7.98. The maximum absolute atomic E-state index is 4.82. The van der Waals surface area contributed by atoms with Crippen molar-refractivity contribution >= 4 is 11.6 Å². The summed E-state index contributed by atoms with van der Waals surface area (Å²) in [5.74, 6) is 2.79. The van der Waals surface area contributed by atoms with Crippen LogP contribution in [0.3, 0.4) is 0 Å². The van der Waals surface area contributed by atoms with E-state index in [-0.39, 0.29) is 5.41 Å². The highest BCUT2D eigenvalue weighted by atomic mass is 15.1. The van der Waals surface area contributed by atoms with Crippen molar-refractivity contribution < 1.29 is 0 Å². The smallest absolute Gasteiger partial charge is 0.138 e. The summed E-state index contributed by atoms with van der Waals surface area (Å²) in [5, 5.41) is 6.90. The van der Waals surface area contributed by atoms with Gasteiger partial charge in [0.15, 0.2) is 0 Å². The molecule has 118 valence electrons. The van der Waals surface area contributed by atoms with Crippen molar-refractivity contribution in [2.75, 3.05) is 17.7 Å². The highest BCUT2D eigenvalue weighted by Crippen LogP contribution is 2.39. The number of rotatable bonds is 3. The first-order chi connectivity index (χ1) is 9.65. The number of hydrogen-bond donors (Lipinski definition) is 2. The summed E-state index contributed by atoms with van der Waals surface area (Å²) in [6.45, 7) is 13.2. The van der Waals surface area contributed by atoms with Gasteiger partial charge in [0, 0.05) is 24.1 Å². The molecule has 0 spiro atoms. The Hall–Kier alpha value is -1.32. The van der Waals surface area contributed by atoms with E-state index in [1.54, 1.807) is 0 Å². The molecule has 1 aromatic rings. The van der Waals surface area contributed by atoms with Crippen LogP contribution in [0.5, 0.6) is 0 Å². The molecule has 0 aromatic carbocycles. The monoisotopic (exact) mass is 290 g/mol. The minimum absolute atomic E-state index is 0.0546. The summed E-state index contributed by atoms with van der Waals surface area (Å²) in [6.07, 6.45) is 3.79. The summed E-state index contributed by atoms with van der Waals surface area (Å²) in [7, 11) is 1.92. The van der Waals surface area contributed by atoms with Crippen LogP contribution in [-0.4, -0.2) is 23.1 Å². The van der Waals surface area contributed by atoms with Crippen molar-refractivity contribution in [1.82, 2.24) is 9.97 Å². The summed E-state index contributed by atoms with van der Waals surface area (Å²) in [4.78, 5) is 9.49. The Bertz CT molecular complexity index is 514. The normalized spacial score (nSPS) is 21.4. The van der Waals surface area contributed by atoms with Crippen LogP contribution in [0.1, 0.15) is 65.3 Å². The fourth-order valence-corrected chi connectivity index (χ4v) is 3.00. The van der Waals surface area contributed by atoms with E-state index < -0.39 is 0 Å². The molecule has 1 fully saturated rings. The van der Waals surface area contributed by atoms with E-state index in [4.69, 9.17) is 4.98 Å². The molecule has 1 aliphatic rings. The van der Waals surface area contributed by atoms with E-state index in [2.05, 4.69) is 57.2 Å². The summed E-state index contributed by atoms with van der Waals surface area (Å²) >= 11 is 0. The predicted octanol–water partition coefficient (Wildman–Crippen LogP) is 4.11. The van der Waals surface area contributed by atoms with Gasteiger partial charge in [0.1, 0.15) is 17.5 Å². The Morgan fingerprint density at radius 3 is 2.24 bits per heavy atom. The molecule has 1 heterocycles. The van der Waals surface area contributed by atoms with E-state index in [0.29, 0.717) is 11.5 Å². The van der Waals surface area contributed by atoms with Gasteiger partial charge in [-0.25, -0.2) is 9.97 Å². The third-order valence-electron chi connectivity index (χ3n) is 4.62. The van der Waals surface area contributed by atoms with Crippen LogP contribution < -0.4 is 10.6 Å². The quantitative estimate of drug-likeness (QED) is 0.879. The molecule has 0 aliphatic heterocycles. The van der Waals surface area contributed by atoms with Crippen LogP contribution in [0.25, 0.3) is 0 Å². The highest BCUT2D eigenvalue weighted by Gasteiger charge is 2.35. The predicted molar refractivity (Wildman–Crippen MR) is 90.1 cm³/mol. The van der Waals surface area contributed by atoms with Gasteiger partial charge in [-0.15, -0.1) is 0 Å². The minimum Gasteiger partial charge on any atom is -0.373 e. The largest absolute Gasteiger partial charge is 0.373 e. The topological polar surface area (TPSA) is 49.8 Å². The highest BCUT2D eigenvalue weighted by molar-refractivity contribution is 5.58. The van der Waals surface area contributed by atoms with Crippen LogP contribution >= 0.6 is 0 Å². The Morgan fingerprint density at radius 2 is 1.76 bits per heavy atom. The van der Waals surface area contributed by atoms with Crippen LogP contribution in [0.15, 0.2) is 0 Å². The molecule has 4 nitrogen and oxygen atoms in total. The third-order valence-corrected chi connectivity index (χ3v) is 4.62. The first kappa shape index (κ1) is 16.1. The number of aromatic nitrogens is 2. The van der Waals surface area contributed by atoms with E-state index in [1.165, 1.54) is 19.3 Å². The molecule has 0 saturated heterocycles. The Balaban J connectivity index is 2.38. The molecular weight excluding hydrogens is 260 g/mol. The van der Waals surface area contributed by atoms with Crippen LogP contribution in [-0.2, 0) is 5.41 Å². The molecule has 0 bridgehead atoms. The van der Waals surface area contributed by atoms with E-state index in [0.717, 1.165) is 23.0 Å². The van der Waals surface area contributed by atoms with E-state index in [9.17, 15) is 0 Å². The lowest BCUT2D eigenvalue weighted by molar-refractivity contribution is 0.349. The molecule has 1 aliphatic carbocycles. The molecule has 1 atom stereocenters. The zero-order chi connectivity index (χ0) is 15.8. The zero-order valence-electron chi connectivity index (χ0n) is 14.6. The van der Waals surface area contributed by atoms with Crippen molar-refractivity contribution in [3.63, 3.8) is 0 Å². The lowest BCUT2D eigenvalue weighted by Crippen LogP contribution is -2.32. The summed E-state index contributed by atoms with van der Waals surface area (Å²) in [6, 6.07) is 0.489. The fourth-order valence-electron chi connectivity index (χ4n) is 3.00. The van der Waals surface area contributed by atoms with Crippen LogP contribution in [0, 0.1) is 12.3 Å². The van der Waals surface area contributed by atoms with Gasteiger partial charge in [0.2, 0.25) is 0 Å². The lowest BCUT2D eigenvalue weighted by atomic mass is 9.87. The summed E-state index contributed by atoms with van der Waals surface area (Å²) < 4.78 is 0. The van der Waals surface area contributed by atoms with Crippen molar-refractivity contribution in [3.05, 3.63) is 11.4 Å². The average molecular weight is 290 g/mol.